The van der Waals surface area contributed by atoms with E-state index in [-0.39, 0.29) is 0 Å². The first-order valence-electron chi connectivity index (χ1n) is 5.43. The fraction of sp³-hybridized carbons (Fsp3) is 0.385. The molecule has 0 heterocycles. The molecule has 0 saturated carbocycles. The van der Waals surface area contributed by atoms with Crippen molar-refractivity contribution in [3.8, 4) is 0 Å². The van der Waals surface area contributed by atoms with Gasteiger partial charge in [0, 0.05) is 22.5 Å². The van der Waals surface area contributed by atoms with Gasteiger partial charge in [0.15, 0.2) is 0 Å². The van der Waals surface area contributed by atoms with Gasteiger partial charge in [0.1, 0.15) is 0 Å². The van der Waals surface area contributed by atoms with Crippen molar-refractivity contribution in [2.24, 2.45) is 0 Å². The quantitative estimate of drug-likeness (QED) is 0.765. The molecule has 0 aliphatic heterocycles. The van der Waals surface area contributed by atoms with Crippen LogP contribution in [0.3, 0.4) is 0 Å². The van der Waals surface area contributed by atoms with E-state index in [0.29, 0.717) is 17.6 Å². The van der Waals surface area contributed by atoms with E-state index in [2.05, 4.69) is 50.0 Å². The second-order valence-corrected chi connectivity index (χ2v) is 5.43. The van der Waals surface area contributed by atoms with Crippen molar-refractivity contribution in [3.63, 3.8) is 0 Å². The van der Waals surface area contributed by atoms with Crippen LogP contribution in [0.25, 0.3) is 0 Å². The number of benzene rings is 1. The average Bonchev–Trinajstić information content (AvgIpc) is 2.27. The van der Waals surface area contributed by atoms with E-state index >= 15 is 0 Å². The predicted octanol–water partition coefficient (Wildman–Crippen LogP) is 4.20. The maximum Gasteiger partial charge on any atom is 0.0313 e. The van der Waals surface area contributed by atoms with Gasteiger partial charge in [-0.25, -0.2) is 0 Å². The average molecular weight is 256 g/mol. The predicted molar refractivity (Wildman–Crippen MR) is 74.3 cm³/mol. The lowest BCUT2D eigenvalue weighted by Gasteiger charge is -2.17. The van der Waals surface area contributed by atoms with Gasteiger partial charge in [0.05, 0.1) is 0 Å². The number of rotatable bonds is 6. The summed E-state index contributed by atoms with van der Waals surface area (Å²) in [4.78, 5) is 1.34. The van der Waals surface area contributed by atoms with E-state index in [1.807, 2.05) is 11.8 Å². The van der Waals surface area contributed by atoms with Crippen molar-refractivity contribution in [1.82, 2.24) is 5.32 Å². The highest BCUT2D eigenvalue weighted by Crippen LogP contribution is 2.27. The van der Waals surface area contributed by atoms with Crippen LogP contribution < -0.4 is 5.32 Å². The van der Waals surface area contributed by atoms with E-state index in [9.17, 15) is 0 Å². The van der Waals surface area contributed by atoms with E-state index in [4.69, 9.17) is 11.6 Å². The Labute approximate surface area is 107 Å². The first-order valence-corrected chi connectivity index (χ1v) is 6.80. The molecule has 0 spiro atoms. The lowest BCUT2D eigenvalue weighted by molar-refractivity contribution is 0.605. The first kappa shape index (κ1) is 13.6. The van der Waals surface area contributed by atoms with Crippen LogP contribution in [-0.2, 0) is 0 Å². The second kappa shape index (κ2) is 7.00. The monoisotopic (exact) mass is 255 g/mol. The van der Waals surface area contributed by atoms with E-state index in [1.165, 1.54) is 10.5 Å². The Morgan fingerprint density at radius 3 is 2.81 bits per heavy atom. The van der Waals surface area contributed by atoms with E-state index in [0.717, 1.165) is 5.75 Å². The van der Waals surface area contributed by atoms with Crippen molar-refractivity contribution < 1.29 is 0 Å². The maximum atomic E-state index is 5.75. The SMILES string of the molecule is C=C(Cl)CNC(C)c1ccccc1SCC. The zero-order valence-electron chi connectivity index (χ0n) is 9.79. The number of nitrogens with one attached hydrogen (secondary N) is 1. The van der Waals surface area contributed by atoms with Gasteiger partial charge in [0.25, 0.3) is 0 Å². The number of thioether (sulfide) groups is 1. The Balaban J connectivity index is 2.73. The molecule has 1 aromatic rings. The van der Waals surface area contributed by atoms with Gasteiger partial charge in [-0.3, -0.25) is 0 Å². The van der Waals surface area contributed by atoms with Crippen LogP contribution in [0.5, 0.6) is 0 Å². The smallest absolute Gasteiger partial charge is 0.0313 e. The summed E-state index contributed by atoms with van der Waals surface area (Å²) in [5.41, 5.74) is 1.33. The van der Waals surface area contributed by atoms with Crippen molar-refractivity contribution in [2.75, 3.05) is 12.3 Å². The third-order valence-electron chi connectivity index (χ3n) is 2.29. The third-order valence-corrected chi connectivity index (χ3v) is 3.39. The maximum absolute atomic E-state index is 5.75. The summed E-state index contributed by atoms with van der Waals surface area (Å²) in [6, 6.07) is 8.77. The molecule has 0 radical (unpaired) electrons. The fourth-order valence-electron chi connectivity index (χ4n) is 1.50. The molecule has 0 amide bonds. The molecule has 16 heavy (non-hydrogen) atoms. The van der Waals surface area contributed by atoms with Crippen molar-refractivity contribution in [2.45, 2.75) is 24.8 Å². The molecule has 88 valence electrons. The van der Waals surface area contributed by atoms with Crippen LogP contribution in [0, 0.1) is 0 Å². The first-order chi connectivity index (χ1) is 7.65. The molecule has 1 aromatic carbocycles. The van der Waals surface area contributed by atoms with Gasteiger partial charge >= 0.3 is 0 Å². The highest BCUT2D eigenvalue weighted by Gasteiger charge is 2.09. The molecule has 0 bridgehead atoms. The summed E-state index contributed by atoms with van der Waals surface area (Å²) < 4.78 is 0. The van der Waals surface area contributed by atoms with E-state index < -0.39 is 0 Å². The van der Waals surface area contributed by atoms with Crippen LogP contribution in [0.1, 0.15) is 25.5 Å². The zero-order chi connectivity index (χ0) is 12.0. The molecule has 1 unspecified atom stereocenters. The highest BCUT2D eigenvalue weighted by atomic mass is 35.5. The number of hydrogen-bond acceptors (Lipinski definition) is 2. The Kier molecular flexibility index (Phi) is 5.96. The highest BCUT2D eigenvalue weighted by molar-refractivity contribution is 7.99. The molecule has 1 nitrogen and oxygen atoms in total. The van der Waals surface area contributed by atoms with Crippen LogP contribution in [-0.4, -0.2) is 12.3 Å². The zero-order valence-corrected chi connectivity index (χ0v) is 11.4. The summed E-state index contributed by atoms with van der Waals surface area (Å²) in [7, 11) is 0. The van der Waals surface area contributed by atoms with Crippen molar-refractivity contribution in [1.29, 1.82) is 0 Å². The summed E-state index contributed by atoms with van der Waals surface area (Å²) in [5, 5.41) is 4.00. The van der Waals surface area contributed by atoms with Crippen LogP contribution in [0.2, 0.25) is 0 Å². The topological polar surface area (TPSA) is 12.0 Å². The molecular weight excluding hydrogens is 238 g/mol. The molecule has 1 rings (SSSR count). The second-order valence-electron chi connectivity index (χ2n) is 3.59. The largest absolute Gasteiger partial charge is 0.305 e. The minimum atomic E-state index is 0.297. The normalized spacial score (nSPS) is 12.4. The van der Waals surface area contributed by atoms with Gasteiger partial charge < -0.3 is 5.32 Å². The summed E-state index contributed by atoms with van der Waals surface area (Å²) in [6.07, 6.45) is 0. The van der Waals surface area contributed by atoms with Crippen LogP contribution in [0.15, 0.2) is 40.8 Å². The van der Waals surface area contributed by atoms with Gasteiger partial charge in [0.2, 0.25) is 0 Å². The van der Waals surface area contributed by atoms with Gasteiger partial charge in [-0.05, 0) is 24.3 Å². The molecule has 1 atom stereocenters. The van der Waals surface area contributed by atoms with Crippen LogP contribution in [0.4, 0.5) is 0 Å². The fourth-order valence-corrected chi connectivity index (χ4v) is 2.47. The van der Waals surface area contributed by atoms with Gasteiger partial charge in [-0.15, -0.1) is 11.8 Å². The molecule has 0 aliphatic carbocycles. The van der Waals surface area contributed by atoms with E-state index in [1.54, 1.807) is 0 Å². The van der Waals surface area contributed by atoms with Gasteiger partial charge in [-0.1, -0.05) is 43.3 Å². The molecule has 0 aromatic heterocycles. The van der Waals surface area contributed by atoms with Crippen LogP contribution >= 0.6 is 23.4 Å². The molecular formula is C13H18ClNS. The summed E-state index contributed by atoms with van der Waals surface area (Å²) in [5.74, 6) is 1.09. The third kappa shape index (κ3) is 4.20. The Morgan fingerprint density at radius 1 is 1.50 bits per heavy atom. The lowest BCUT2D eigenvalue weighted by Crippen LogP contribution is -2.20. The molecule has 0 fully saturated rings. The summed E-state index contributed by atoms with van der Waals surface area (Å²) >= 11 is 7.62. The molecule has 0 saturated heterocycles. The molecule has 0 aliphatic rings. The summed E-state index contributed by atoms with van der Waals surface area (Å²) in [6.45, 7) is 8.64. The molecule has 3 heteroatoms. The van der Waals surface area contributed by atoms with Crippen molar-refractivity contribution >= 4 is 23.4 Å². The van der Waals surface area contributed by atoms with Crippen molar-refractivity contribution in [3.05, 3.63) is 41.4 Å². The number of hydrogen-bond donors (Lipinski definition) is 1. The lowest BCUT2D eigenvalue weighted by atomic mass is 10.1. The van der Waals surface area contributed by atoms with Gasteiger partial charge in [-0.2, -0.15) is 0 Å². The minimum Gasteiger partial charge on any atom is -0.305 e. The minimum absolute atomic E-state index is 0.297. The number of halogens is 1. The standard InChI is InChI=1S/C13H18ClNS/c1-4-16-13-8-6-5-7-12(13)11(3)15-9-10(2)14/h5-8,11,15H,2,4,9H2,1,3H3. The Bertz CT molecular complexity index is 352. The molecule has 1 N–H and O–H groups in total. The Hall–Kier alpha value is -0.440. The Morgan fingerprint density at radius 2 is 2.19 bits per heavy atom.